The molecule has 0 amide bonds. The van der Waals surface area contributed by atoms with E-state index in [0.717, 1.165) is 12.8 Å². The number of nitrogens with zero attached hydrogens (tertiary/aromatic N) is 1. The van der Waals surface area contributed by atoms with Crippen LogP contribution in [0, 0.1) is 0 Å². The van der Waals surface area contributed by atoms with Crippen LogP contribution < -0.4 is 0 Å². The van der Waals surface area contributed by atoms with Crippen molar-refractivity contribution in [1.29, 1.82) is 0 Å². The Hall–Kier alpha value is -0.850. The smallest absolute Gasteiger partial charge is 0.0283 e. The van der Waals surface area contributed by atoms with Crippen LogP contribution in [-0.4, -0.2) is 13.3 Å². The number of allylic oxidation sites excluding steroid dienone is 4. The minimum Gasteiger partial charge on any atom is -0.296 e. The van der Waals surface area contributed by atoms with Crippen LogP contribution in [0.25, 0.3) is 0 Å². The van der Waals surface area contributed by atoms with Gasteiger partial charge in [0.1, 0.15) is 0 Å². The lowest BCUT2D eigenvalue weighted by molar-refractivity contribution is 0.908. The summed E-state index contributed by atoms with van der Waals surface area (Å²) in [5.74, 6) is 0. The topological polar surface area (TPSA) is 12.4 Å². The normalized spacial score (nSPS) is 12.2. The summed E-state index contributed by atoms with van der Waals surface area (Å²) in [6.45, 7) is 8.70. The summed E-state index contributed by atoms with van der Waals surface area (Å²) < 4.78 is 0. The van der Waals surface area contributed by atoms with Crippen molar-refractivity contribution in [2.24, 2.45) is 4.99 Å². The fraction of sp³-hybridized carbons (Fsp3) is 0.615. The van der Waals surface area contributed by atoms with Crippen molar-refractivity contribution in [3.8, 4) is 0 Å². The largest absolute Gasteiger partial charge is 0.296 e. The fourth-order valence-corrected chi connectivity index (χ4v) is 1.52. The lowest BCUT2D eigenvalue weighted by Crippen LogP contribution is -1.95. The zero-order chi connectivity index (χ0) is 11.0. The highest BCUT2D eigenvalue weighted by Gasteiger charge is 2.02. The highest BCUT2D eigenvalue weighted by molar-refractivity contribution is 5.85. The Balaban J connectivity index is 4.94. The first-order valence-corrected chi connectivity index (χ1v) is 5.46. The Labute approximate surface area is 88.6 Å². The molecule has 0 aliphatic rings. The summed E-state index contributed by atoms with van der Waals surface area (Å²) in [5, 5.41) is 0. The Morgan fingerprint density at radius 2 is 1.86 bits per heavy atom. The molecule has 0 aromatic rings. The minimum atomic E-state index is 1.10. The minimum absolute atomic E-state index is 1.10. The molecule has 0 heterocycles. The molecule has 0 unspecified atom stereocenters. The SMILES string of the molecule is CC/C=C(\CCC)C(C=NC)=C(C)C. The molecule has 0 aromatic carbocycles. The Bertz CT molecular complexity index is 240. The Kier molecular flexibility index (Phi) is 7.09. The molecule has 0 saturated heterocycles. The summed E-state index contributed by atoms with van der Waals surface area (Å²) in [5.41, 5.74) is 4.11. The van der Waals surface area contributed by atoms with Crippen LogP contribution in [-0.2, 0) is 0 Å². The summed E-state index contributed by atoms with van der Waals surface area (Å²) in [6.07, 6.45) is 7.74. The molecule has 0 spiro atoms. The van der Waals surface area contributed by atoms with Gasteiger partial charge >= 0.3 is 0 Å². The molecule has 0 aliphatic carbocycles. The first-order chi connectivity index (χ1) is 6.67. The van der Waals surface area contributed by atoms with Crippen molar-refractivity contribution in [1.82, 2.24) is 0 Å². The van der Waals surface area contributed by atoms with Crippen molar-refractivity contribution in [3.05, 3.63) is 22.8 Å². The molecule has 0 rings (SSSR count). The first-order valence-electron chi connectivity index (χ1n) is 5.46. The second-order valence-corrected chi connectivity index (χ2v) is 3.69. The standard InChI is InChI=1S/C13H23N/c1-6-8-12(9-7-2)13(10-14-5)11(3)4/h8,10H,6-7,9H2,1-5H3/b12-8+,14-10?. The number of hydrogen-bond acceptors (Lipinski definition) is 1. The maximum atomic E-state index is 4.12. The molecule has 0 bridgehead atoms. The fourth-order valence-electron chi connectivity index (χ4n) is 1.52. The molecular formula is C13H23N. The van der Waals surface area contributed by atoms with Gasteiger partial charge in [-0.15, -0.1) is 0 Å². The lowest BCUT2D eigenvalue weighted by atomic mass is 9.97. The second kappa shape index (κ2) is 7.54. The van der Waals surface area contributed by atoms with Gasteiger partial charge in [-0.3, -0.25) is 4.99 Å². The van der Waals surface area contributed by atoms with E-state index >= 15 is 0 Å². The second-order valence-electron chi connectivity index (χ2n) is 3.69. The average molecular weight is 193 g/mol. The van der Waals surface area contributed by atoms with E-state index in [-0.39, 0.29) is 0 Å². The predicted octanol–water partition coefficient (Wildman–Crippen LogP) is 4.16. The van der Waals surface area contributed by atoms with Crippen molar-refractivity contribution >= 4 is 6.21 Å². The van der Waals surface area contributed by atoms with Gasteiger partial charge < -0.3 is 0 Å². The molecule has 0 saturated carbocycles. The highest BCUT2D eigenvalue weighted by Crippen LogP contribution is 2.18. The van der Waals surface area contributed by atoms with Gasteiger partial charge in [0.2, 0.25) is 0 Å². The molecular weight excluding hydrogens is 170 g/mol. The molecule has 0 fully saturated rings. The van der Waals surface area contributed by atoms with Crippen LogP contribution in [0.3, 0.4) is 0 Å². The van der Waals surface area contributed by atoms with Crippen LogP contribution in [0.5, 0.6) is 0 Å². The molecule has 0 N–H and O–H groups in total. The van der Waals surface area contributed by atoms with E-state index in [2.05, 4.69) is 38.8 Å². The van der Waals surface area contributed by atoms with Gasteiger partial charge in [0, 0.05) is 13.3 Å². The third kappa shape index (κ3) is 4.40. The van der Waals surface area contributed by atoms with Crippen LogP contribution in [0.2, 0.25) is 0 Å². The van der Waals surface area contributed by atoms with Crippen LogP contribution in [0.1, 0.15) is 47.0 Å². The summed E-state index contributed by atoms with van der Waals surface area (Å²) in [4.78, 5) is 4.12. The quantitative estimate of drug-likeness (QED) is 0.459. The Morgan fingerprint density at radius 3 is 2.21 bits per heavy atom. The predicted molar refractivity (Wildman–Crippen MR) is 66.1 cm³/mol. The molecule has 0 aliphatic heterocycles. The summed E-state index contributed by atoms with van der Waals surface area (Å²) >= 11 is 0. The third-order valence-corrected chi connectivity index (χ3v) is 2.11. The van der Waals surface area contributed by atoms with Crippen molar-refractivity contribution in [3.63, 3.8) is 0 Å². The van der Waals surface area contributed by atoms with Gasteiger partial charge in [-0.2, -0.15) is 0 Å². The van der Waals surface area contributed by atoms with E-state index < -0.39 is 0 Å². The van der Waals surface area contributed by atoms with Gasteiger partial charge in [-0.05, 0) is 37.8 Å². The molecule has 1 heteroatoms. The number of rotatable bonds is 5. The van der Waals surface area contributed by atoms with Gasteiger partial charge in [0.15, 0.2) is 0 Å². The lowest BCUT2D eigenvalue weighted by Gasteiger charge is -2.09. The molecule has 1 nitrogen and oxygen atoms in total. The van der Waals surface area contributed by atoms with Crippen molar-refractivity contribution in [2.45, 2.75) is 47.0 Å². The highest BCUT2D eigenvalue weighted by atomic mass is 14.6. The molecule has 0 atom stereocenters. The van der Waals surface area contributed by atoms with Gasteiger partial charge in [-0.25, -0.2) is 0 Å². The zero-order valence-electron chi connectivity index (χ0n) is 10.2. The number of aliphatic imine (C=N–C) groups is 1. The van der Waals surface area contributed by atoms with Crippen LogP contribution in [0.4, 0.5) is 0 Å². The van der Waals surface area contributed by atoms with Crippen LogP contribution in [0.15, 0.2) is 27.8 Å². The maximum Gasteiger partial charge on any atom is 0.0283 e. The molecule has 0 aromatic heterocycles. The van der Waals surface area contributed by atoms with E-state index in [1.54, 1.807) is 0 Å². The molecule has 80 valence electrons. The first kappa shape index (κ1) is 13.2. The van der Waals surface area contributed by atoms with E-state index in [1.807, 2.05) is 13.3 Å². The third-order valence-electron chi connectivity index (χ3n) is 2.11. The van der Waals surface area contributed by atoms with Crippen LogP contribution >= 0.6 is 0 Å². The van der Waals surface area contributed by atoms with Crippen molar-refractivity contribution in [2.75, 3.05) is 7.05 Å². The molecule has 14 heavy (non-hydrogen) atoms. The average Bonchev–Trinajstić information content (AvgIpc) is 2.13. The maximum absolute atomic E-state index is 4.12. The van der Waals surface area contributed by atoms with E-state index in [1.165, 1.54) is 23.1 Å². The summed E-state index contributed by atoms with van der Waals surface area (Å²) in [6, 6.07) is 0. The van der Waals surface area contributed by atoms with E-state index in [0.29, 0.717) is 0 Å². The zero-order valence-corrected chi connectivity index (χ0v) is 10.2. The monoisotopic (exact) mass is 193 g/mol. The van der Waals surface area contributed by atoms with Gasteiger partial charge in [0.25, 0.3) is 0 Å². The van der Waals surface area contributed by atoms with E-state index in [9.17, 15) is 0 Å². The van der Waals surface area contributed by atoms with Gasteiger partial charge in [-0.1, -0.05) is 31.9 Å². The Morgan fingerprint density at radius 1 is 1.21 bits per heavy atom. The van der Waals surface area contributed by atoms with Gasteiger partial charge in [0.05, 0.1) is 0 Å². The molecule has 0 radical (unpaired) electrons. The number of hydrogen-bond donors (Lipinski definition) is 0. The summed E-state index contributed by atoms with van der Waals surface area (Å²) in [7, 11) is 1.83. The van der Waals surface area contributed by atoms with E-state index in [4.69, 9.17) is 0 Å². The van der Waals surface area contributed by atoms with Crippen molar-refractivity contribution < 1.29 is 0 Å².